The molecular formula is C17H19Br2NO. The van der Waals surface area contributed by atoms with Crippen molar-refractivity contribution in [2.45, 2.75) is 33.4 Å². The smallest absolute Gasteiger partial charge is 0.131 e. The molecule has 0 spiro atoms. The predicted octanol–water partition coefficient (Wildman–Crippen LogP) is 5.81. The molecule has 0 aliphatic rings. The standard InChI is InChI=1S/C17H19Br2NO/c1-11(2)20-10-13-5-7-15(9-16(13)19)21-17-8-14(18)6-4-12(17)3/h4-9,11,20H,10H2,1-3H3. The van der Waals surface area contributed by atoms with Crippen molar-refractivity contribution >= 4 is 31.9 Å². The van der Waals surface area contributed by atoms with Crippen LogP contribution in [0.4, 0.5) is 0 Å². The Labute approximate surface area is 143 Å². The maximum atomic E-state index is 5.97. The van der Waals surface area contributed by atoms with Crippen molar-refractivity contribution in [3.8, 4) is 11.5 Å². The van der Waals surface area contributed by atoms with Crippen molar-refractivity contribution in [1.82, 2.24) is 5.32 Å². The first kappa shape index (κ1) is 16.5. The van der Waals surface area contributed by atoms with Gasteiger partial charge < -0.3 is 10.1 Å². The number of hydrogen-bond donors (Lipinski definition) is 1. The highest BCUT2D eigenvalue weighted by molar-refractivity contribution is 9.10. The second kappa shape index (κ2) is 7.43. The predicted molar refractivity (Wildman–Crippen MR) is 95.1 cm³/mol. The Bertz CT molecular complexity index is 626. The monoisotopic (exact) mass is 411 g/mol. The van der Waals surface area contributed by atoms with Gasteiger partial charge in [0.05, 0.1) is 0 Å². The van der Waals surface area contributed by atoms with Crippen LogP contribution in [0.5, 0.6) is 11.5 Å². The SMILES string of the molecule is Cc1ccc(Br)cc1Oc1ccc(CNC(C)C)c(Br)c1. The largest absolute Gasteiger partial charge is 0.457 e. The molecule has 0 aromatic heterocycles. The Morgan fingerprint density at radius 3 is 2.52 bits per heavy atom. The minimum absolute atomic E-state index is 0.470. The van der Waals surface area contributed by atoms with Gasteiger partial charge in [0.2, 0.25) is 0 Å². The molecule has 0 radical (unpaired) electrons. The van der Waals surface area contributed by atoms with E-state index in [0.29, 0.717) is 6.04 Å². The third kappa shape index (κ3) is 4.83. The summed E-state index contributed by atoms with van der Waals surface area (Å²) in [6.07, 6.45) is 0. The van der Waals surface area contributed by atoms with Gasteiger partial charge in [0.25, 0.3) is 0 Å². The van der Waals surface area contributed by atoms with Crippen LogP contribution in [0.25, 0.3) is 0 Å². The fourth-order valence-corrected chi connectivity index (χ4v) is 2.70. The van der Waals surface area contributed by atoms with E-state index in [2.05, 4.69) is 57.1 Å². The number of aryl methyl sites for hydroxylation is 1. The lowest BCUT2D eigenvalue weighted by Gasteiger charge is -2.13. The van der Waals surface area contributed by atoms with Gasteiger partial charge in [0.15, 0.2) is 0 Å². The van der Waals surface area contributed by atoms with E-state index in [9.17, 15) is 0 Å². The second-order valence-electron chi connectivity index (χ2n) is 5.30. The topological polar surface area (TPSA) is 21.3 Å². The highest BCUT2D eigenvalue weighted by Gasteiger charge is 2.06. The lowest BCUT2D eigenvalue weighted by molar-refractivity contribution is 0.477. The number of halogens is 2. The first-order chi connectivity index (χ1) is 9.95. The second-order valence-corrected chi connectivity index (χ2v) is 7.07. The van der Waals surface area contributed by atoms with Gasteiger partial charge in [0.1, 0.15) is 11.5 Å². The number of ether oxygens (including phenoxy) is 1. The molecule has 0 bridgehead atoms. The Morgan fingerprint density at radius 1 is 1.10 bits per heavy atom. The summed E-state index contributed by atoms with van der Waals surface area (Å²) >= 11 is 7.09. The van der Waals surface area contributed by atoms with Gasteiger partial charge in [-0.1, -0.05) is 57.8 Å². The van der Waals surface area contributed by atoms with E-state index < -0.39 is 0 Å². The van der Waals surface area contributed by atoms with Crippen molar-refractivity contribution in [1.29, 1.82) is 0 Å². The van der Waals surface area contributed by atoms with Crippen molar-refractivity contribution in [3.05, 3.63) is 56.5 Å². The van der Waals surface area contributed by atoms with Crippen LogP contribution >= 0.6 is 31.9 Å². The molecule has 4 heteroatoms. The third-order valence-electron chi connectivity index (χ3n) is 3.10. The summed E-state index contributed by atoms with van der Waals surface area (Å²) in [6, 6.07) is 12.6. The Balaban J connectivity index is 2.14. The quantitative estimate of drug-likeness (QED) is 0.668. The number of rotatable bonds is 5. The summed E-state index contributed by atoms with van der Waals surface area (Å²) in [7, 11) is 0. The van der Waals surface area contributed by atoms with Gasteiger partial charge in [-0.3, -0.25) is 0 Å². The Kier molecular flexibility index (Phi) is 5.85. The summed E-state index contributed by atoms with van der Waals surface area (Å²) in [5.41, 5.74) is 2.34. The van der Waals surface area contributed by atoms with E-state index in [-0.39, 0.29) is 0 Å². The normalized spacial score (nSPS) is 11.0. The van der Waals surface area contributed by atoms with Crippen molar-refractivity contribution < 1.29 is 4.74 Å². The van der Waals surface area contributed by atoms with Crippen molar-refractivity contribution in [2.24, 2.45) is 0 Å². The highest BCUT2D eigenvalue weighted by atomic mass is 79.9. The zero-order valence-electron chi connectivity index (χ0n) is 12.4. The molecule has 21 heavy (non-hydrogen) atoms. The molecule has 0 heterocycles. The fourth-order valence-electron chi connectivity index (χ4n) is 1.86. The molecule has 2 aromatic rings. The molecule has 2 nitrogen and oxygen atoms in total. The van der Waals surface area contributed by atoms with E-state index in [1.54, 1.807) is 0 Å². The lowest BCUT2D eigenvalue weighted by atomic mass is 10.2. The van der Waals surface area contributed by atoms with E-state index in [4.69, 9.17) is 4.74 Å². The summed E-state index contributed by atoms with van der Waals surface area (Å²) < 4.78 is 8.04. The highest BCUT2D eigenvalue weighted by Crippen LogP contribution is 2.30. The number of nitrogens with one attached hydrogen (secondary N) is 1. The average molecular weight is 413 g/mol. The maximum Gasteiger partial charge on any atom is 0.131 e. The Hall–Kier alpha value is -0.840. The van der Waals surface area contributed by atoms with Crippen LogP contribution in [-0.4, -0.2) is 6.04 Å². The van der Waals surface area contributed by atoms with Gasteiger partial charge >= 0.3 is 0 Å². The van der Waals surface area contributed by atoms with Crippen molar-refractivity contribution in [2.75, 3.05) is 0 Å². The molecule has 0 atom stereocenters. The molecule has 1 N–H and O–H groups in total. The first-order valence-electron chi connectivity index (χ1n) is 6.91. The summed E-state index contributed by atoms with van der Waals surface area (Å²) in [5, 5.41) is 3.41. The van der Waals surface area contributed by atoms with E-state index in [0.717, 1.165) is 32.6 Å². The van der Waals surface area contributed by atoms with Crippen molar-refractivity contribution in [3.63, 3.8) is 0 Å². The molecule has 0 unspecified atom stereocenters. The first-order valence-corrected chi connectivity index (χ1v) is 8.50. The van der Waals surface area contributed by atoms with E-state index in [1.165, 1.54) is 5.56 Å². The molecular weight excluding hydrogens is 394 g/mol. The zero-order chi connectivity index (χ0) is 15.4. The van der Waals surface area contributed by atoms with Crippen LogP contribution in [-0.2, 0) is 6.54 Å². The van der Waals surface area contributed by atoms with Gasteiger partial charge in [-0.05, 0) is 42.3 Å². The van der Waals surface area contributed by atoms with Gasteiger partial charge in [-0.15, -0.1) is 0 Å². The summed E-state index contributed by atoms with van der Waals surface area (Å²) in [6.45, 7) is 7.16. The maximum absolute atomic E-state index is 5.97. The molecule has 0 aliphatic heterocycles. The van der Waals surface area contributed by atoms with Crippen LogP contribution in [0.2, 0.25) is 0 Å². The van der Waals surface area contributed by atoms with E-state index in [1.807, 2.05) is 37.3 Å². The molecule has 2 rings (SSSR count). The third-order valence-corrected chi connectivity index (χ3v) is 4.33. The minimum Gasteiger partial charge on any atom is -0.457 e. The van der Waals surface area contributed by atoms with Crippen LogP contribution < -0.4 is 10.1 Å². The van der Waals surface area contributed by atoms with Crippen LogP contribution in [0.15, 0.2) is 45.3 Å². The lowest BCUT2D eigenvalue weighted by Crippen LogP contribution is -2.21. The molecule has 0 saturated carbocycles. The molecule has 0 aliphatic carbocycles. The van der Waals surface area contributed by atoms with Crippen LogP contribution in [0.3, 0.4) is 0 Å². The van der Waals surface area contributed by atoms with Crippen LogP contribution in [0, 0.1) is 6.92 Å². The van der Waals surface area contributed by atoms with Gasteiger partial charge in [-0.2, -0.15) is 0 Å². The fraction of sp³-hybridized carbons (Fsp3) is 0.294. The van der Waals surface area contributed by atoms with Gasteiger partial charge in [0, 0.05) is 21.5 Å². The number of hydrogen-bond acceptors (Lipinski definition) is 2. The van der Waals surface area contributed by atoms with Gasteiger partial charge in [-0.25, -0.2) is 0 Å². The van der Waals surface area contributed by atoms with E-state index >= 15 is 0 Å². The summed E-state index contributed by atoms with van der Waals surface area (Å²) in [5.74, 6) is 1.70. The molecule has 0 saturated heterocycles. The average Bonchev–Trinajstić information content (AvgIpc) is 2.42. The minimum atomic E-state index is 0.470. The Morgan fingerprint density at radius 2 is 1.86 bits per heavy atom. The molecule has 112 valence electrons. The zero-order valence-corrected chi connectivity index (χ0v) is 15.6. The van der Waals surface area contributed by atoms with Crippen LogP contribution in [0.1, 0.15) is 25.0 Å². The molecule has 2 aromatic carbocycles. The number of benzene rings is 2. The molecule has 0 amide bonds. The summed E-state index contributed by atoms with van der Waals surface area (Å²) in [4.78, 5) is 0. The molecule has 0 fully saturated rings.